The number of rotatable bonds is 8. The molecular formula is C22H42O6Si2. The summed E-state index contributed by atoms with van der Waals surface area (Å²) in [7, 11) is -3.15. The molecule has 174 valence electrons. The van der Waals surface area contributed by atoms with Gasteiger partial charge in [-0.05, 0) is 36.3 Å². The van der Waals surface area contributed by atoms with Crippen LogP contribution in [0.2, 0.25) is 36.3 Å². The number of Topliss-reactive ketones (excluding diaryl/α,β-unsaturated/α-hetero) is 1. The fourth-order valence-electron chi connectivity index (χ4n) is 2.78. The highest BCUT2D eigenvalue weighted by atomic mass is 28.4. The van der Waals surface area contributed by atoms with Crippen molar-refractivity contribution < 1.29 is 27.9 Å². The van der Waals surface area contributed by atoms with Crippen LogP contribution in [0.5, 0.6) is 0 Å². The molecule has 30 heavy (non-hydrogen) atoms. The monoisotopic (exact) mass is 458 g/mol. The number of carbonyl (C=O) groups is 2. The molecule has 0 bridgehead atoms. The van der Waals surface area contributed by atoms with Gasteiger partial charge in [-0.25, -0.2) is 4.79 Å². The van der Waals surface area contributed by atoms with E-state index < -0.39 is 46.2 Å². The van der Waals surface area contributed by atoms with Crippen LogP contribution in [0.1, 0.15) is 48.0 Å². The summed E-state index contributed by atoms with van der Waals surface area (Å²) in [6.07, 6.45) is -0.0172. The summed E-state index contributed by atoms with van der Waals surface area (Å²) in [4.78, 5) is 26.2. The largest absolute Gasteiger partial charge is 0.467 e. The van der Waals surface area contributed by atoms with E-state index in [2.05, 4.69) is 74.3 Å². The van der Waals surface area contributed by atoms with Gasteiger partial charge in [0.25, 0.3) is 0 Å². The molecule has 6 nitrogen and oxygen atoms in total. The minimum absolute atomic E-state index is 0.00590. The Morgan fingerprint density at radius 1 is 1.10 bits per heavy atom. The van der Waals surface area contributed by atoms with Gasteiger partial charge in [0.2, 0.25) is 11.4 Å². The van der Waals surface area contributed by atoms with Crippen LogP contribution in [0.4, 0.5) is 0 Å². The molecule has 1 aliphatic heterocycles. The molecule has 0 N–H and O–H groups in total. The first-order chi connectivity index (χ1) is 13.4. The van der Waals surface area contributed by atoms with Gasteiger partial charge in [0.15, 0.2) is 16.6 Å². The van der Waals surface area contributed by atoms with E-state index >= 15 is 0 Å². The zero-order chi connectivity index (χ0) is 23.8. The molecule has 1 rings (SSSR count). The lowest BCUT2D eigenvalue weighted by molar-refractivity contribution is -0.171. The topological polar surface area (TPSA) is 71.1 Å². The lowest BCUT2D eigenvalue weighted by Crippen LogP contribution is -2.52. The Labute approximate surface area is 184 Å². The summed E-state index contributed by atoms with van der Waals surface area (Å²) in [5, 5.41) is -0.0982. The van der Waals surface area contributed by atoms with Gasteiger partial charge in [-0.2, -0.15) is 0 Å². The highest BCUT2D eigenvalue weighted by Gasteiger charge is 2.61. The zero-order valence-corrected chi connectivity index (χ0v) is 22.8. The van der Waals surface area contributed by atoms with Gasteiger partial charge in [0.05, 0.1) is 13.7 Å². The third-order valence-electron chi connectivity index (χ3n) is 6.94. The van der Waals surface area contributed by atoms with Crippen molar-refractivity contribution >= 4 is 28.4 Å². The van der Waals surface area contributed by atoms with E-state index in [0.29, 0.717) is 0 Å². The smallest absolute Gasteiger partial charge is 0.346 e. The molecule has 0 radical (unpaired) electrons. The maximum atomic E-state index is 13.5. The third kappa shape index (κ3) is 5.32. The zero-order valence-electron chi connectivity index (χ0n) is 20.8. The summed E-state index contributed by atoms with van der Waals surface area (Å²) in [6.45, 7) is 25.1. The number of carbonyl (C=O) groups excluding carboxylic acids is 2. The molecule has 1 aliphatic rings. The van der Waals surface area contributed by atoms with Crippen LogP contribution in [0, 0.1) is 0 Å². The number of esters is 1. The van der Waals surface area contributed by atoms with Crippen molar-refractivity contribution in [2.75, 3.05) is 13.7 Å². The van der Waals surface area contributed by atoms with Crippen molar-refractivity contribution in [2.24, 2.45) is 0 Å². The number of ketones is 1. The van der Waals surface area contributed by atoms with Crippen LogP contribution in [0.25, 0.3) is 0 Å². The maximum absolute atomic E-state index is 13.5. The Hall–Kier alpha value is -0.806. The van der Waals surface area contributed by atoms with Crippen molar-refractivity contribution in [3.8, 4) is 0 Å². The molecule has 0 aromatic heterocycles. The van der Waals surface area contributed by atoms with Gasteiger partial charge < -0.3 is 18.3 Å². The van der Waals surface area contributed by atoms with E-state index in [1.165, 1.54) is 13.2 Å². The lowest BCUT2D eigenvalue weighted by atomic mass is 9.93. The summed E-state index contributed by atoms with van der Waals surface area (Å²) < 4.78 is 23.9. The predicted molar refractivity (Wildman–Crippen MR) is 125 cm³/mol. The molecule has 3 atom stereocenters. The van der Waals surface area contributed by atoms with Crippen LogP contribution < -0.4 is 0 Å². The van der Waals surface area contributed by atoms with Gasteiger partial charge in [0, 0.05) is 6.42 Å². The van der Waals surface area contributed by atoms with Crippen LogP contribution >= 0.6 is 0 Å². The second kappa shape index (κ2) is 8.98. The second-order valence-corrected chi connectivity index (χ2v) is 20.8. The molecule has 1 fully saturated rings. The van der Waals surface area contributed by atoms with Crippen LogP contribution in [0.3, 0.4) is 0 Å². The first-order valence-electron chi connectivity index (χ1n) is 10.6. The van der Waals surface area contributed by atoms with Gasteiger partial charge in [0.1, 0.15) is 12.2 Å². The van der Waals surface area contributed by atoms with E-state index in [-0.39, 0.29) is 23.1 Å². The average Bonchev–Trinajstić information content (AvgIpc) is 2.84. The van der Waals surface area contributed by atoms with Crippen molar-refractivity contribution in [1.29, 1.82) is 0 Å². The summed E-state index contributed by atoms with van der Waals surface area (Å²) >= 11 is 0. The molecule has 0 saturated carbocycles. The van der Waals surface area contributed by atoms with Crippen LogP contribution in [-0.4, -0.2) is 59.9 Å². The molecular weight excluding hydrogens is 416 g/mol. The number of ether oxygens (including phenoxy) is 2. The van der Waals surface area contributed by atoms with Crippen molar-refractivity contribution in [3.05, 3.63) is 12.7 Å². The van der Waals surface area contributed by atoms with Gasteiger partial charge in [-0.3, -0.25) is 4.79 Å². The number of hydrogen-bond acceptors (Lipinski definition) is 6. The Kier molecular flexibility index (Phi) is 8.15. The Morgan fingerprint density at radius 3 is 2.00 bits per heavy atom. The molecule has 0 amide bonds. The maximum Gasteiger partial charge on any atom is 0.346 e. The number of methoxy groups -OCH3 is 1. The molecule has 1 heterocycles. The third-order valence-corrected chi connectivity index (χ3v) is 15.9. The fraction of sp³-hybridized carbons (Fsp3) is 0.818. The van der Waals surface area contributed by atoms with E-state index in [0.717, 1.165) is 0 Å². The molecule has 0 aromatic carbocycles. The van der Waals surface area contributed by atoms with Crippen molar-refractivity contribution in [2.45, 2.75) is 102 Å². The van der Waals surface area contributed by atoms with Crippen molar-refractivity contribution in [3.63, 3.8) is 0 Å². The van der Waals surface area contributed by atoms with E-state index in [1.54, 1.807) is 0 Å². The molecule has 0 aromatic rings. The first-order valence-corrected chi connectivity index (χ1v) is 16.4. The Balaban J connectivity index is 3.34. The van der Waals surface area contributed by atoms with Crippen molar-refractivity contribution in [1.82, 2.24) is 0 Å². The molecule has 8 heteroatoms. The van der Waals surface area contributed by atoms with Crippen LogP contribution in [0.15, 0.2) is 12.7 Å². The van der Waals surface area contributed by atoms with Gasteiger partial charge >= 0.3 is 5.97 Å². The fourth-order valence-corrected chi connectivity index (χ4v) is 5.04. The van der Waals surface area contributed by atoms with E-state index in [1.807, 2.05) is 0 Å². The SMILES string of the molecule is C=CC[C@@]1(C(=O)OC)O[C@H](CO[Si](C)(C)C(C)(C)C)[C@H](O[Si](C)(C)C(C)(C)C)C1=O. The highest BCUT2D eigenvalue weighted by Crippen LogP contribution is 2.43. The van der Waals surface area contributed by atoms with Gasteiger partial charge in [-0.15, -0.1) is 6.58 Å². The minimum atomic E-state index is -2.32. The molecule has 0 unspecified atom stereocenters. The Morgan fingerprint density at radius 2 is 1.60 bits per heavy atom. The number of hydrogen-bond donors (Lipinski definition) is 0. The van der Waals surface area contributed by atoms with Gasteiger partial charge in [-0.1, -0.05) is 47.6 Å². The normalized spacial score (nSPS) is 26.0. The van der Waals surface area contributed by atoms with E-state index in [4.69, 9.17) is 18.3 Å². The van der Waals surface area contributed by atoms with Crippen LogP contribution in [-0.2, 0) is 27.9 Å². The predicted octanol–water partition coefficient (Wildman–Crippen LogP) is 4.85. The lowest BCUT2D eigenvalue weighted by Gasteiger charge is -2.40. The Bertz CT molecular complexity index is 660. The molecule has 0 spiro atoms. The summed E-state index contributed by atoms with van der Waals surface area (Å²) in [5.74, 6) is -1.12. The summed E-state index contributed by atoms with van der Waals surface area (Å²) in [6, 6.07) is 0. The highest BCUT2D eigenvalue weighted by molar-refractivity contribution is 6.74. The second-order valence-electron chi connectivity index (χ2n) is 11.2. The molecule has 0 aliphatic carbocycles. The molecule has 1 saturated heterocycles. The van der Waals surface area contributed by atoms with E-state index in [9.17, 15) is 9.59 Å². The summed E-state index contributed by atoms with van der Waals surface area (Å²) in [5.41, 5.74) is -1.73. The average molecular weight is 459 g/mol. The minimum Gasteiger partial charge on any atom is -0.467 e. The quantitative estimate of drug-likeness (QED) is 0.224. The standard InChI is InChI=1S/C22H42O6Si2/c1-13-14-22(19(24)25-8)18(23)17(28-30(11,12)21(5,6)7)16(27-22)15-26-29(9,10)20(2,3)4/h13,16-17H,1,14-15H2,2-12H3/t16-,17+,22-/m1/s1. The first kappa shape index (κ1) is 27.2.